The van der Waals surface area contributed by atoms with Crippen LogP contribution in [0.2, 0.25) is 0 Å². The fraction of sp³-hybridized carbons (Fsp3) is 0.333. The Kier molecular flexibility index (Phi) is 7.06. The van der Waals surface area contributed by atoms with Crippen molar-refractivity contribution in [2.24, 2.45) is 0 Å². The maximum Gasteiger partial charge on any atom is 2.00 e. The van der Waals surface area contributed by atoms with E-state index in [1.807, 2.05) is 13.8 Å². The van der Waals surface area contributed by atoms with Gasteiger partial charge in [-0.2, -0.15) is 18.9 Å². The molecule has 0 bridgehead atoms. The molecule has 0 aliphatic carbocycles. The Morgan fingerprint density at radius 3 is 2.12 bits per heavy atom. The molecule has 2 rings (SSSR count). The molecule has 0 fully saturated rings. The number of hydrogen-bond acceptors (Lipinski definition) is 0. The fourth-order valence-electron chi connectivity index (χ4n) is 1.95. The Balaban J connectivity index is 0.000000811. The van der Waals surface area contributed by atoms with E-state index in [0.717, 1.165) is 17.7 Å². The van der Waals surface area contributed by atoms with Gasteiger partial charge in [-0.3, -0.25) is 0 Å². The van der Waals surface area contributed by atoms with Crippen molar-refractivity contribution in [3.63, 3.8) is 0 Å². The zero-order valence-corrected chi connectivity index (χ0v) is 15.4. The first kappa shape index (κ1) is 16.7. The zero-order chi connectivity index (χ0) is 12.3. The Hall–Kier alpha value is -0.318. The van der Waals surface area contributed by atoms with Crippen LogP contribution in [0.1, 0.15) is 36.2 Å². The summed E-state index contributed by atoms with van der Waals surface area (Å²) < 4.78 is 0. The smallest absolute Gasteiger partial charge is 0.423 e. The van der Waals surface area contributed by atoms with Crippen molar-refractivity contribution < 1.29 is 31.1 Å². The maximum absolute atomic E-state index is 4.11. The number of aromatic nitrogens is 1. The van der Waals surface area contributed by atoms with Crippen LogP contribution in [0.15, 0.2) is 12.1 Å². The minimum absolute atomic E-state index is 0. The van der Waals surface area contributed by atoms with Crippen LogP contribution in [0.3, 0.4) is 0 Å². The first-order chi connectivity index (χ1) is 7.65. The molecule has 0 aliphatic heterocycles. The Morgan fingerprint density at radius 1 is 1.12 bits per heavy atom. The molecule has 0 saturated heterocycles. The van der Waals surface area contributed by atoms with Gasteiger partial charge in [-0.15, -0.1) is 11.1 Å². The van der Waals surface area contributed by atoms with Crippen LogP contribution in [0.5, 0.6) is 0 Å². The molecule has 1 N–H and O–H groups in total. The average molecular weight is 453 g/mol. The molecule has 0 aliphatic rings. The van der Waals surface area contributed by atoms with Crippen LogP contribution in [0, 0.1) is 58.8 Å². The molecule has 0 saturated carbocycles. The van der Waals surface area contributed by atoms with Gasteiger partial charge in [-0.1, -0.05) is 38.5 Å². The first-order valence-corrected chi connectivity index (χ1v) is 5.87. The van der Waals surface area contributed by atoms with E-state index in [2.05, 4.69) is 44.8 Å². The van der Waals surface area contributed by atoms with Crippen LogP contribution >= 0.6 is 0 Å². The second-order valence-electron chi connectivity index (χ2n) is 3.78. The van der Waals surface area contributed by atoms with E-state index in [9.17, 15) is 0 Å². The number of aromatic amines is 1. The third kappa shape index (κ3) is 3.12. The molecular weight excluding hydrogens is 432 g/mol. The standard InChI is InChI=1S/C13H15N.C2H6.U/c1-5-11-10(4)12-8(2)6-7-9(3)13(12)14-11;1-2;/h6-7,14H,1,4-5H2,2-3H3;1-2H3;/q-2;;+2. The number of fused-ring (bicyclic) bond motifs is 1. The molecule has 0 unspecified atom stereocenters. The second-order valence-corrected chi connectivity index (χ2v) is 3.78. The van der Waals surface area contributed by atoms with E-state index < -0.39 is 0 Å². The molecular formula is C15H21NU. The van der Waals surface area contributed by atoms with E-state index in [4.69, 9.17) is 0 Å². The number of H-pyrrole nitrogens is 1. The monoisotopic (exact) mass is 453 g/mol. The van der Waals surface area contributed by atoms with E-state index in [0.29, 0.717) is 0 Å². The average Bonchev–Trinajstić information content (AvgIpc) is 2.65. The number of aryl methyl sites for hydroxylation is 2. The van der Waals surface area contributed by atoms with Crippen LogP contribution < -0.4 is 0 Å². The van der Waals surface area contributed by atoms with Gasteiger partial charge in [0.1, 0.15) is 0 Å². The molecule has 1 nitrogen and oxygen atoms in total. The summed E-state index contributed by atoms with van der Waals surface area (Å²) in [5.41, 5.74) is 6.03. The summed E-state index contributed by atoms with van der Waals surface area (Å²) in [5.74, 6) is 0. The van der Waals surface area contributed by atoms with Crippen molar-refractivity contribution in [1.29, 1.82) is 0 Å². The molecule has 17 heavy (non-hydrogen) atoms. The zero-order valence-electron chi connectivity index (χ0n) is 11.3. The Bertz CT molecular complexity index is 483. The van der Waals surface area contributed by atoms with Crippen molar-refractivity contribution in [2.75, 3.05) is 0 Å². The minimum atomic E-state index is 0. The van der Waals surface area contributed by atoms with Crippen molar-refractivity contribution in [3.05, 3.63) is 48.4 Å². The summed E-state index contributed by atoms with van der Waals surface area (Å²) in [5, 5.41) is 1.27. The second kappa shape index (κ2) is 7.19. The van der Waals surface area contributed by atoms with Crippen molar-refractivity contribution in [1.82, 2.24) is 4.98 Å². The predicted molar refractivity (Wildman–Crippen MR) is 72.6 cm³/mol. The largest absolute Gasteiger partial charge is 2.00 e. The summed E-state index contributed by atoms with van der Waals surface area (Å²) in [6.45, 7) is 16.2. The predicted octanol–water partition coefficient (Wildman–Crippen LogP) is 4.37. The van der Waals surface area contributed by atoms with Gasteiger partial charge in [0.15, 0.2) is 0 Å². The first-order valence-electron chi connectivity index (χ1n) is 5.87. The van der Waals surface area contributed by atoms with Crippen LogP contribution in [-0.4, -0.2) is 4.98 Å². The number of nitrogens with one attached hydrogen (secondary N) is 1. The number of benzene rings is 1. The summed E-state index contributed by atoms with van der Waals surface area (Å²) >= 11 is 0. The van der Waals surface area contributed by atoms with Gasteiger partial charge in [0.05, 0.1) is 0 Å². The molecule has 1 aromatic carbocycles. The van der Waals surface area contributed by atoms with Crippen LogP contribution in [-0.2, 0) is 6.42 Å². The molecule has 2 aromatic rings. The molecule has 1 aromatic heterocycles. The van der Waals surface area contributed by atoms with E-state index in [1.165, 1.54) is 22.0 Å². The molecule has 90 valence electrons. The normalized spacial score (nSPS) is 9.47. The Labute approximate surface area is 129 Å². The van der Waals surface area contributed by atoms with Crippen molar-refractivity contribution in [2.45, 2.75) is 34.1 Å². The van der Waals surface area contributed by atoms with E-state index in [-0.39, 0.29) is 31.1 Å². The van der Waals surface area contributed by atoms with Crippen LogP contribution in [0.25, 0.3) is 10.9 Å². The van der Waals surface area contributed by atoms with Gasteiger partial charge in [0.25, 0.3) is 0 Å². The summed E-state index contributed by atoms with van der Waals surface area (Å²) in [6, 6.07) is 4.29. The number of rotatable bonds is 1. The van der Waals surface area contributed by atoms with Gasteiger partial charge in [-0.25, -0.2) is 0 Å². The van der Waals surface area contributed by atoms with Gasteiger partial charge in [0, 0.05) is 0 Å². The summed E-state index contributed by atoms with van der Waals surface area (Å²) in [4.78, 5) is 3.40. The SMILES string of the molecule is CC.[CH2-]Cc1[nH]c2c(C)ccc(C)c2c1[CH2-].[U+2]. The molecule has 0 amide bonds. The van der Waals surface area contributed by atoms with Gasteiger partial charge < -0.3 is 11.9 Å². The quantitative estimate of drug-likeness (QED) is 0.618. The molecule has 0 atom stereocenters. The van der Waals surface area contributed by atoms with Gasteiger partial charge >= 0.3 is 31.1 Å². The van der Waals surface area contributed by atoms with Crippen molar-refractivity contribution in [3.8, 4) is 0 Å². The third-order valence-corrected chi connectivity index (χ3v) is 2.81. The molecule has 2 heteroatoms. The molecule has 0 radical (unpaired) electrons. The van der Waals surface area contributed by atoms with E-state index in [1.54, 1.807) is 0 Å². The Morgan fingerprint density at radius 2 is 1.65 bits per heavy atom. The van der Waals surface area contributed by atoms with Crippen molar-refractivity contribution >= 4 is 10.9 Å². The summed E-state index contributed by atoms with van der Waals surface area (Å²) in [6.07, 6.45) is 0.770. The maximum atomic E-state index is 4.11. The molecule has 1 heterocycles. The fourth-order valence-corrected chi connectivity index (χ4v) is 1.95. The van der Waals surface area contributed by atoms with Gasteiger partial charge in [-0.05, 0) is 18.0 Å². The molecule has 0 spiro atoms. The van der Waals surface area contributed by atoms with Crippen LogP contribution in [0.4, 0.5) is 0 Å². The minimum Gasteiger partial charge on any atom is -0.423 e. The summed E-state index contributed by atoms with van der Waals surface area (Å²) in [7, 11) is 0. The van der Waals surface area contributed by atoms with E-state index >= 15 is 0 Å². The number of hydrogen-bond donors (Lipinski definition) is 1. The topological polar surface area (TPSA) is 15.8 Å². The third-order valence-electron chi connectivity index (χ3n) is 2.81. The van der Waals surface area contributed by atoms with Gasteiger partial charge in [0.2, 0.25) is 0 Å².